The quantitative estimate of drug-likeness (QED) is 0.782. The maximum Gasteiger partial charge on any atom is 0.156 e. The lowest BCUT2D eigenvalue weighted by Crippen LogP contribution is -2.21. The van der Waals surface area contributed by atoms with Crippen molar-refractivity contribution in [2.75, 3.05) is 32.5 Å². The van der Waals surface area contributed by atoms with Crippen LogP contribution in [0.3, 0.4) is 0 Å². The molecule has 3 rings (SSSR count). The molecule has 0 saturated carbocycles. The third-order valence-electron chi connectivity index (χ3n) is 3.86. The van der Waals surface area contributed by atoms with Gasteiger partial charge in [0.25, 0.3) is 0 Å². The van der Waals surface area contributed by atoms with Crippen molar-refractivity contribution in [2.24, 2.45) is 0 Å². The zero-order valence-electron chi connectivity index (χ0n) is 13.9. The highest BCUT2D eigenvalue weighted by Gasteiger charge is 2.10. The zero-order chi connectivity index (χ0) is 16.2. The molecule has 4 heteroatoms. The second kappa shape index (κ2) is 6.75. The molecule has 0 radical (unpaired) electrons. The van der Waals surface area contributed by atoms with Gasteiger partial charge in [-0.25, -0.2) is 0 Å². The number of nitrogens with one attached hydrogen (secondary N) is 1. The molecule has 0 aliphatic heterocycles. The average molecular weight is 306 g/mol. The van der Waals surface area contributed by atoms with Gasteiger partial charge in [0.1, 0.15) is 5.69 Å². The largest absolute Gasteiger partial charge is 0.367 e. The van der Waals surface area contributed by atoms with E-state index in [1.807, 2.05) is 12.1 Å². The predicted molar refractivity (Wildman–Crippen MR) is 96.8 cm³/mol. The Labute approximate surface area is 137 Å². The molecule has 1 N–H and O–H groups in total. The summed E-state index contributed by atoms with van der Waals surface area (Å²) in [6.07, 6.45) is 0. The van der Waals surface area contributed by atoms with Gasteiger partial charge in [0.05, 0.1) is 0 Å². The van der Waals surface area contributed by atoms with Crippen molar-refractivity contribution >= 4 is 16.6 Å². The van der Waals surface area contributed by atoms with E-state index in [9.17, 15) is 0 Å². The fourth-order valence-corrected chi connectivity index (χ4v) is 2.56. The van der Waals surface area contributed by atoms with Gasteiger partial charge in [-0.1, -0.05) is 54.1 Å². The fourth-order valence-electron chi connectivity index (χ4n) is 2.56. The van der Waals surface area contributed by atoms with Crippen molar-refractivity contribution in [2.45, 2.75) is 6.92 Å². The van der Waals surface area contributed by atoms with Crippen LogP contribution in [0.4, 0.5) is 5.82 Å². The van der Waals surface area contributed by atoms with E-state index in [1.54, 1.807) is 0 Å². The Kier molecular flexibility index (Phi) is 4.53. The summed E-state index contributed by atoms with van der Waals surface area (Å²) in [6.45, 7) is 3.89. The van der Waals surface area contributed by atoms with E-state index in [2.05, 4.69) is 77.8 Å². The number of benzene rings is 2. The molecule has 2 aromatic carbocycles. The number of hydrogen-bond acceptors (Lipinski definition) is 4. The minimum atomic E-state index is 0.843. The maximum atomic E-state index is 4.48. The number of likely N-dealkylation sites (N-methyl/N-ethyl adjacent to an activating group) is 1. The van der Waals surface area contributed by atoms with Crippen molar-refractivity contribution in [1.29, 1.82) is 0 Å². The van der Waals surface area contributed by atoms with Crippen LogP contribution in [0.15, 0.2) is 48.5 Å². The van der Waals surface area contributed by atoms with Crippen LogP contribution < -0.4 is 5.32 Å². The van der Waals surface area contributed by atoms with E-state index in [1.165, 1.54) is 5.56 Å². The van der Waals surface area contributed by atoms with E-state index in [0.717, 1.165) is 40.9 Å². The van der Waals surface area contributed by atoms with Crippen LogP contribution >= 0.6 is 0 Å². The van der Waals surface area contributed by atoms with E-state index < -0.39 is 0 Å². The van der Waals surface area contributed by atoms with Crippen LogP contribution in [0, 0.1) is 6.92 Å². The van der Waals surface area contributed by atoms with Gasteiger partial charge in [0.2, 0.25) is 0 Å². The number of fused-ring (bicyclic) bond motifs is 1. The Hall–Kier alpha value is -2.46. The number of anilines is 1. The topological polar surface area (TPSA) is 41.1 Å². The molecule has 0 bridgehead atoms. The van der Waals surface area contributed by atoms with Crippen LogP contribution in [0.5, 0.6) is 0 Å². The van der Waals surface area contributed by atoms with E-state index in [0.29, 0.717) is 0 Å². The minimum Gasteiger partial charge on any atom is -0.367 e. The summed E-state index contributed by atoms with van der Waals surface area (Å²) in [6, 6.07) is 16.7. The molecule has 0 unspecified atom stereocenters. The standard InChI is InChI=1S/C19H22N4/c1-14-8-10-15(11-9-14)18-16-6-4-5-7-17(16)19(22-21-18)20-12-13-23(2)3/h4-11H,12-13H2,1-3H3,(H,20,22). The minimum absolute atomic E-state index is 0.843. The SMILES string of the molecule is Cc1ccc(-c2nnc(NCCN(C)C)c3ccccc23)cc1. The summed E-state index contributed by atoms with van der Waals surface area (Å²) in [4.78, 5) is 2.14. The van der Waals surface area contributed by atoms with Gasteiger partial charge in [0.15, 0.2) is 5.82 Å². The van der Waals surface area contributed by atoms with Gasteiger partial charge >= 0.3 is 0 Å². The summed E-state index contributed by atoms with van der Waals surface area (Å²) in [5, 5.41) is 14.5. The number of rotatable bonds is 5. The first-order valence-electron chi connectivity index (χ1n) is 7.86. The first-order valence-corrected chi connectivity index (χ1v) is 7.86. The van der Waals surface area contributed by atoms with E-state index >= 15 is 0 Å². The number of nitrogens with zero attached hydrogens (tertiary/aromatic N) is 3. The van der Waals surface area contributed by atoms with Gasteiger partial charge in [-0.05, 0) is 21.0 Å². The zero-order valence-corrected chi connectivity index (χ0v) is 13.9. The molecule has 23 heavy (non-hydrogen) atoms. The lowest BCUT2D eigenvalue weighted by molar-refractivity contribution is 0.425. The third kappa shape index (κ3) is 3.48. The molecule has 0 atom stereocenters. The summed E-state index contributed by atoms with van der Waals surface area (Å²) in [7, 11) is 4.12. The molecule has 0 fully saturated rings. The van der Waals surface area contributed by atoms with Crippen molar-refractivity contribution < 1.29 is 0 Å². The Bertz CT molecular complexity index is 794. The van der Waals surface area contributed by atoms with Crippen LogP contribution in [-0.4, -0.2) is 42.3 Å². The van der Waals surface area contributed by atoms with Crippen LogP contribution in [-0.2, 0) is 0 Å². The van der Waals surface area contributed by atoms with E-state index in [4.69, 9.17) is 0 Å². The van der Waals surface area contributed by atoms with E-state index in [-0.39, 0.29) is 0 Å². The van der Waals surface area contributed by atoms with Gasteiger partial charge in [-0.3, -0.25) is 0 Å². The lowest BCUT2D eigenvalue weighted by atomic mass is 10.0. The molecule has 0 spiro atoms. The van der Waals surface area contributed by atoms with Gasteiger partial charge in [0, 0.05) is 29.4 Å². The summed E-state index contributed by atoms with van der Waals surface area (Å²) >= 11 is 0. The highest BCUT2D eigenvalue weighted by molar-refractivity contribution is 5.99. The molecule has 3 aromatic rings. The molecule has 4 nitrogen and oxygen atoms in total. The van der Waals surface area contributed by atoms with Crippen molar-refractivity contribution in [3.8, 4) is 11.3 Å². The summed E-state index contributed by atoms with van der Waals surface area (Å²) in [5.41, 5.74) is 3.27. The summed E-state index contributed by atoms with van der Waals surface area (Å²) < 4.78 is 0. The van der Waals surface area contributed by atoms with Crippen molar-refractivity contribution in [3.05, 3.63) is 54.1 Å². The molecule has 1 heterocycles. The Morgan fingerprint density at radius 3 is 2.30 bits per heavy atom. The molecular weight excluding hydrogens is 284 g/mol. The van der Waals surface area contributed by atoms with Crippen LogP contribution in [0.2, 0.25) is 0 Å². The van der Waals surface area contributed by atoms with Crippen LogP contribution in [0.25, 0.3) is 22.0 Å². The maximum absolute atomic E-state index is 4.48. The molecule has 0 aliphatic carbocycles. The monoisotopic (exact) mass is 306 g/mol. The number of aryl methyl sites for hydroxylation is 1. The number of hydrogen-bond donors (Lipinski definition) is 1. The average Bonchev–Trinajstić information content (AvgIpc) is 2.56. The molecule has 0 amide bonds. The molecule has 0 aliphatic rings. The van der Waals surface area contributed by atoms with Crippen LogP contribution in [0.1, 0.15) is 5.56 Å². The normalized spacial score (nSPS) is 11.1. The third-order valence-corrected chi connectivity index (χ3v) is 3.86. The smallest absolute Gasteiger partial charge is 0.156 e. The Morgan fingerprint density at radius 1 is 0.913 bits per heavy atom. The van der Waals surface area contributed by atoms with Gasteiger partial charge in [-0.15, -0.1) is 10.2 Å². The highest BCUT2D eigenvalue weighted by Crippen LogP contribution is 2.29. The van der Waals surface area contributed by atoms with Crippen molar-refractivity contribution in [3.63, 3.8) is 0 Å². The fraction of sp³-hybridized carbons (Fsp3) is 0.263. The first kappa shape index (κ1) is 15.4. The predicted octanol–water partition coefficient (Wildman–Crippen LogP) is 3.58. The molecular formula is C19H22N4. The molecule has 118 valence electrons. The second-order valence-electron chi connectivity index (χ2n) is 6.04. The number of aromatic nitrogens is 2. The molecule has 1 aromatic heterocycles. The molecule has 0 saturated heterocycles. The lowest BCUT2D eigenvalue weighted by Gasteiger charge is -2.13. The second-order valence-corrected chi connectivity index (χ2v) is 6.04. The van der Waals surface area contributed by atoms with Gasteiger partial charge < -0.3 is 10.2 Å². The summed E-state index contributed by atoms with van der Waals surface area (Å²) in [5.74, 6) is 0.846. The highest BCUT2D eigenvalue weighted by atomic mass is 15.2. The first-order chi connectivity index (χ1) is 11.1. The van der Waals surface area contributed by atoms with Gasteiger partial charge in [-0.2, -0.15) is 0 Å². The van der Waals surface area contributed by atoms with Crippen molar-refractivity contribution in [1.82, 2.24) is 15.1 Å². The Morgan fingerprint density at radius 2 is 1.61 bits per heavy atom. The Balaban J connectivity index is 2.00.